The van der Waals surface area contributed by atoms with E-state index < -0.39 is 0 Å². The number of pyridine rings is 1. The highest BCUT2D eigenvalue weighted by molar-refractivity contribution is 8.00. The normalized spacial score (nSPS) is 14.8. The van der Waals surface area contributed by atoms with Gasteiger partial charge in [-0.2, -0.15) is 0 Å². The zero-order valence-electron chi connectivity index (χ0n) is 15.9. The summed E-state index contributed by atoms with van der Waals surface area (Å²) in [6.07, 6.45) is 5.35. The van der Waals surface area contributed by atoms with Gasteiger partial charge in [0, 0.05) is 30.2 Å². The molecule has 6 nitrogen and oxygen atoms in total. The Labute approximate surface area is 168 Å². The van der Waals surface area contributed by atoms with Crippen molar-refractivity contribution in [3.05, 3.63) is 54.4 Å². The first-order valence-electron chi connectivity index (χ1n) is 9.43. The van der Waals surface area contributed by atoms with Gasteiger partial charge in [-0.15, -0.1) is 10.2 Å². The first-order chi connectivity index (χ1) is 13.6. The quantitative estimate of drug-likeness (QED) is 0.603. The predicted molar refractivity (Wildman–Crippen MR) is 109 cm³/mol. The molecular weight excluding hydrogens is 372 g/mol. The molecule has 0 saturated carbocycles. The molecule has 1 atom stereocenters. The van der Waals surface area contributed by atoms with Gasteiger partial charge in [0.2, 0.25) is 11.8 Å². The average Bonchev–Trinajstić information content (AvgIpc) is 3.20. The second kappa shape index (κ2) is 8.14. The molecule has 7 heteroatoms. The SMILES string of the molecule is CC(C)C(Sc1nnc(-c2ccncc2)o1)C(=O)N1CCCc2ccccc21. The highest BCUT2D eigenvalue weighted by Gasteiger charge is 2.32. The van der Waals surface area contributed by atoms with Crippen LogP contribution in [0.3, 0.4) is 0 Å². The van der Waals surface area contributed by atoms with Crippen molar-refractivity contribution in [3.63, 3.8) is 0 Å². The van der Waals surface area contributed by atoms with Crippen LogP contribution in [0.25, 0.3) is 11.5 Å². The third kappa shape index (κ3) is 3.80. The second-order valence-electron chi connectivity index (χ2n) is 7.11. The number of benzene rings is 1. The van der Waals surface area contributed by atoms with Crippen molar-refractivity contribution in [1.29, 1.82) is 0 Å². The van der Waals surface area contributed by atoms with Crippen LogP contribution in [-0.2, 0) is 11.2 Å². The van der Waals surface area contributed by atoms with Crippen LogP contribution in [0, 0.1) is 5.92 Å². The fourth-order valence-electron chi connectivity index (χ4n) is 3.36. The van der Waals surface area contributed by atoms with Gasteiger partial charge in [-0.25, -0.2) is 0 Å². The van der Waals surface area contributed by atoms with Gasteiger partial charge in [0.1, 0.15) is 0 Å². The smallest absolute Gasteiger partial charge is 0.277 e. The summed E-state index contributed by atoms with van der Waals surface area (Å²) >= 11 is 1.34. The number of thioether (sulfide) groups is 1. The minimum atomic E-state index is -0.295. The van der Waals surface area contributed by atoms with Crippen LogP contribution < -0.4 is 4.90 Å². The number of hydrogen-bond acceptors (Lipinski definition) is 6. The lowest BCUT2D eigenvalue weighted by Gasteiger charge is -2.32. The number of rotatable bonds is 5. The van der Waals surface area contributed by atoms with Crippen LogP contribution in [-0.4, -0.2) is 32.9 Å². The Kier molecular flexibility index (Phi) is 5.43. The number of carbonyl (C=O) groups excluding carboxylic acids is 1. The Bertz CT molecular complexity index is 958. The molecule has 0 N–H and O–H groups in total. The third-order valence-electron chi connectivity index (χ3n) is 4.79. The van der Waals surface area contributed by atoms with Crippen molar-refractivity contribution in [2.24, 2.45) is 5.92 Å². The standard InChI is InChI=1S/C21H22N4O2S/c1-14(2)18(20(26)25-13-5-7-15-6-3-4-8-17(15)25)28-21-24-23-19(27-21)16-9-11-22-12-10-16/h3-4,6,8-12,14,18H,5,7,13H2,1-2H3. The van der Waals surface area contributed by atoms with Crippen molar-refractivity contribution < 1.29 is 9.21 Å². The third-order valence-corrected chi connectivity index (χ3v) is 6.15. The lowest BCUT2D eigenvalue weighted by molar-refractivity contribution is -0.118. The number of nitrogens with zero attached hydrogens (tertiary/aromatic N) is 4. The summed E-state index contributed by atoms with van der Waals surface area (Å²) in [6, 6.07) is 11.8. The van der Waals surface area contributed by atoms with Crippen LogP contribution in [0.5, 0.6) is 0 Å². The lowest BCUT2D eigenvalue weighted by Crippen LogP contribution is -2.42. The van der Waals surface area contributed by atoms with Gasteiger partial charge >= 0.3 is 0 Å². The molecule has 4 rings (SSSR count). The van der Waals surface area contributed by atoms with E-state index in [4.69, 9.17) is 4.42 Å². The molecule has 0 radical (unpaired) electrons. The van der Waals surface area contributed by atoms with Gasteiger partial charge in [-0.05, 0) is 42.5 Å². The Morgan fingerprint density at radius 1 is 1.14 bits per heavy atom. The molecule has 1 aliphatic rings. The molecule has 1 aliphatic heterocycles. The van der Waals surface area contributed by atoms with Gasteiger partial charge in [-0.1, -0.05) is 43.8 Å². The molecule has 0 spiro atoms. The summed E-state index contributed by atoms with van der Waals surface area (Å²) in [6.45, 7) is 4.84. The minimum Gasteiger partial charge on any atom is -0.411 e. The summed E-state index contributed by atoms with van der Waals surface area (Å²) in [5.41, 5.74) is 3.06. The summed E-state index contributed by atoms with van der Waals surface area (Å²) in [7, 11) is 0. The number of para-hydroxylation sites is 1. The summed E-state index contributed by atoms with van der Waals surface area (Å²) in [5.74, 6) is 0.654. The maximum absolute atomic E-state index is 13.4. The van der Waals surface area contributed by atoms with Gasteiger partial charge < -0.3 is 9.32 Å². The highest BCUT2D eigenvalue weighted by Crippen LogP contribution is 2.34. The van der Waals surface area contributed by atoms with E-state index in [0.29, 0.717) is 11.1 Å². The van der Waals surface area contributed by atoms with E-state index in [1.807, 2.05) is 49.1 Å². The van der Waals surface area contributed by atoms with Crippen molar-refractivity contribution in [2.45, 2.75) is 37.2 Å². The van der Waals surface area contributed by atoms with Crippen molar-refractivity contribution >= 4 is 23.4 Å². The molecule has 0 saturated heterocycles. The zero-order chi connectivity index (χ0) is 19.5. The molecule has 0 bridgehead atoms. The molecular formula is C21H22N4O2S. The van der Waals surface area contributed by atoms with Crippen LogP contribution in [0.4, 0.5) is 5.69 Å². The lowest BCUT2D eigenvalue weighted by atomic mass is 10.0. The van der Waals surface area contributed by atoms with Gasteiger partial charge in [-0.3, -0.25) is 9.78 Å². The average molecular weight is 395 g/mol. The first kappa shape index (κ1) is 18.7. The zero-order valence-corrected chi connectivity index (χ0v) is 16.7. The van der Waals surface area contributed by atoms with E-state index in [0.717, 1.165) is 30.6 Å². The first-order valence-corrected chi connectivity index (χ1v) is 10.3. The Morgan fingerprint density at radius 2 is 1.93 bits per heavy atom. The Morgan fingerprint density at radius 3 is 2.71 bits per heavy atom. The van der Waals surface area contributed by atoms with Crippen LogP contribution in [0.2, 0.25) is 0 Å². The molecule has 0 aliphatic carbocycles. The molecule has 2 aromatic heterocycles. The molecule has 28 heavy (non-hydrogen) atoms. The second-order valence-corrected chi connectivity index (χ2v) is 8.21. The number of anilines is 1. The fourth-order valence-corrected chi connectivity index (χ4v) is 4.30. The molecule has 3 heterocycles. The maximum Gasteiger partial charge on any atom is 0.277 e. The van der Waals surface area contributed by atoms with Gasteiger partial charge in [0.25, 0.3) is 5.22 Å². The Hall–Kier alpha value is -2.67. The van der Waals surface area contributed by atoms with Gasteiger partial charge in [0.05, 0.1) is 5.25 Å². The summed E-state index contributed by atoms with van der Waals surface area (Å²) in [5, 5.41) is 8.37. The highest BCUT2D eigenvalue weighted by atomic mass is 32.2. The van der Waals surface area contributed by atoms with E-state index in [2.05, 4.69) is 21.2 Å². The maximum atomic E-state index is 13.4. The molecule has 1 unspecified atom stereocenters. The number of hydrogen-bond donors (Lipinski definition) is 0. The van der Waals surface area contributed by atoms with Crippen LogP contribution >= 0.6 is 11.8 Å². The molecule has 1 amide bonds. The number of carbonyl (C=O) groups is 1. The monoisotopic (exact) mass is 394 g/mol. The minimum absolute atomic E-state index is 0.0933. The Balaban J connectivity index is 1.56. The molecule has 3 aromatic rings. The largest absolute Gasteiger partial charge is 0.411 e. The summed E-state index contributed by atoms with van der Waals surface area (Å²) in [4.78, 5) is 19.3. The molecule has 144 valence electrons. The number of aryl methyl sites for hydroxylation is 1. The van der Waals surface area contributed by atoms with E-state index >= 15 is 0 Å². The summed E-state index contributed by atoms with van der Waals surface area (Å²) < 4.78 is 5.80. The van der Waals surface area contributed by atoms with Crippen LogP contribution in [0.1, 0.15) is 25.8 Å². The van der Waals surface area contributed by atoms with E-state index in [9.17, 15) is 4.79 Å². The van der Waals surface area contributed by atoms with Crippen molar-refractivity contribution in [1.82, 2.24) is 15.2 Å². The number of amides is 1. The van der Waals surface area contributed by atoms with E-state index in [1.165, 1.54) is 17.3 Å². The molecule has 1 aromatic carbocycles. The van der Waals surface area contributed by atoms with Gasteiger partial charge in [0.15, 0.2) is 0 Å². The molecule has 0 fully saturated rings. The van der Waals surface area contributed by atoms with E-state index in [-0.39, 0.29) is 17.1 Å². The predicted octanol–water partition coefficient (Wildman–Crippen LogP) is 4.23. The van der Waals surface area contributed by atoms with Crippen LogP contribution in [0.15, 0.2) is 58.4 Å². The van der Waals surface area contributed by atoms with Crippen molar-refractivity contribution in [3.8, 4) is 11.5 Å². The number of fused-ring (bicyclic) bond motifs is 1. The van der Waals surface area contributed by atoms with E-state index in [1.54, 1.807) is 12.4 Å². The number of aromatic nitrogens is 3. The topological polar surface area (TPSA) is 72.1 Å². The fraction of sp³-hybridized carbons (Fsp3) is 0.333. The van der Waals surface area contributed by atoms with Crippen molar-refractivity contribution in [2.75, 3.05) is 11.4 Å².